The number of benzene rings is 2. The van der Waals surface area contributed by atoms with Crippen LogP contribution in [0.15, 0.2) is 53.0 Å². The summed E-state index contributed by atoms with van der Waals surface area (Å²) in [5, 5.41) is 0. The second-order valence-corrected chi connectivity index (χ2v) is 5.66. The number of para-hydroxylation sites is 1. The number of ether oxygens (including phenoxy) is 1. The molecule has 1 aliphatic rings. The van der Waals surface area contributed by atoms with Crippen molar-refractivity contribution in [2.45, 2.75) is 18.3 Å². The van der Waals surface area contributed by atoms with E-state index in [1.165, 1.54) is 17.5 Å². The van der Waals surface area contributed by atoms with Crippen molar-refractivity contribution in [1.82, 2.24) is 0 Å². The fourth-order valence-electron chi connectivity index (χ4n) is 2.59. The van der Waals surface area contributed by atoms with E-state index in [1.807, 2.05) is 12.1 Å². The molecule has 0 aromatic heterocycles. The van der Waals surface area contributed by atoms with Crippen molar-refractivity contribution in [3.63, 3.8) is 0 Å². The van der Waals surface area contributed by atoms with Crippen molar-refractivity contribution in [1.29, 1.82) is 0 Å². The van der Waals surface area contributed by atoms with Gasteiger partial charge in [-0.05, 0) is 47.6 Å². The highest BCUT2D eigenvalue weighted by Gasteiger charge is 2.40. The predicted molar refractivity (Wildman–Crippen MR) is 77.2 cm³/mol. The molecule has 0 N–H and O–H groups in total. The van der Waals surface area contributed by atoms with Crippen molar-refractivity contribution in [3.8, 4) is 5.75 Å². The highest BCUT2D eigenvalue weighted by molar-refractivity contribution is 9.10. The summed E-state index contributed by atoms with van der Waals surface area (Å²) < 4.78 is 6.58. The number of halogens is 1. The molecule has 0 bridgehead atoms. The van der Waals surface area contributed by atoms with Crippen molar-refractivity contribution < 1.29 is 4.74 Å². The zero-order chi connectivity index (χ0) is 12.5. The van der Waals surface area contributed by atoms with E-state index >= 15 is 0 Å². The first-order valence-corrected chi connectivity index (χ1v) is 6.97. The van der Waals surface area contributed by atoms with Crippen LogP contribution in [0.4, 0.5) is 0 Å². The van der Waals surface area contributed by atoms with Gasteiger partial charge in [0.05, 0.1) is 7.11 Å². The number of rotatable bonds is 3. The number of hydrogen-bond donors (Lipinski definition) is 0. The maximum atomic E-state index is 5.44. The summed E-state index contributed by atoms with van der Waals surface area (Å²) in [5.74, 6) is 2.28. The standard InChI is InChI=1S/C16H15BrO/c1-18-16-5-3-2-4-13(16)15-10-14(15)11-6-8-12(17)9-7-11/h2-9,14-15H,10H2,1H3/t14-,15-/m0/s1. The minimum atomic E-state index is 0.613. The van der Waals surface area contributed by atoms with Crippen molar-refractivity contribution in [3.05, 3.63) is 64.1 Å². The Bertz CT molecular complexity index is 547. The average molecular weight is 303 g/mol. The van der Waals surface area contributed by atoms with Gasteiger partial charge >= 0.3 is 0 Å². The zero-order valence-corrected chi connectivity index (χ0v) is 11.9. The molecule has 0 amide bonds. The monoisotopic (exact) mass is 302 g/mol. The van der Waals surface area contributed by atoms with Crippen LogP contribution in [0.3, 0.4) is 0 Å². The Morgan fingerprint density at radius 1 is 1.00 bits per heavy atom. The Morgan fingerprint density at radius 3 is 2.44 bits per heavy atom. The zero-order valence-electron chi connectivity index (χ0n) is 10.3. The Morgan fingerprint density at radius 2 is 1.72 bits per heavy atom. The van der Waals surface area contributed by atoms with Gasteiger partial charge < -0.3 is 4.74 Å². The van der Waals surface area contributed by atoms with Crippen LogP contribution in [-0.2, 0) is 0 Å². The third-order valence-electron chi connectivity index (χ3n) is 3.63. The molecule has 1 saturated carbocycles. The second kappa shape index (κ2) is 4.77. The molecular formula is C16H15BrO. The van der Waals surface area contributed by atoms with E-state index in [4.69, 9.17) is 4.74 Å². The summed E-state index contributed by atoms with van der Waals surface area (Å²) in [7, 11) is 1.75. The summed E-state index contributed by atoms with van der Waals surface area (Å²) in [5.41, 5.74) is 2.77. The summed E-state index contributed by atoms with van der Waals surface area (Å²) >= 11 is 3.48. The highest BCUT2D eigenvalue weighted by atomic mass is 79.9. The normalized spacial score (nSPS) is 21.7. The lowest BCUT2D eigenvalue weighted by atomic mass is 10.0. The molecule has 0 radical (unpaired) electrons. The molecule has 1 nitrogen and oxygen atoms in total. The number of hydrogen-bond acceptors (Lipinski definition) is 1. The second-order valence-electron chi connectivity index (χ2n) is 4.74. The van der Waals surface area contributed by atoms with Gasteiger partial charge in [0.2, 0.25) is 0 Å². The lowest BCUT2D eigenvalue weighted by Gasteiger charge is -2.07. The smallest absolute Gasteiger partial charge is 0.122 e. The van der Waals surface area contributed by atoms with E-state index in [1.54, 1.807) is 7.11 Å². The fraction of sp³-hybridized carbons (Fsp3) is 0.250. The van der Waals surface area contributed by atoms with Gasteiger partial charge in [-0.1, -0.05) is 46.3 Å². The summed E-state index contributed by atoms with van der Waals surface area (Å²) in [6.45, 7) is 0. The van der Waals surface area contributed by atoms with E-state index in [2.05, 4.69) is 52.3 Å². The van der Waals surface area contributed by atoms with Crippen LogP contribution in [0.1, 0.15) is 29.4 Å². The highest BCUT2D eigenvalue weighted by Crippen LogP contribution is 2.56. The molecule has 2 aromatic carbocycles. The Hall–Kier alpha value is -1.28. The van der Waals surface area contributed by atoms with Gasteiger partial charge in [0.25, 0.3) is 0 Å². The Labute approximate surface area is 116 Å². The predicted octanol–water partition coefficient (Wildman–Crippen LogP) is 4.73. The largest absolute Gasteiger partial charge is 0.496 e. The van der Waals surface area contributed by atoms with E-state index in [9.17, 15) is 0 Å². The number of methoxy groups -OCH3 is 1. The minimum Gasteiger partial charge on any atom is -0.496 e. The van der Waals surface area contributed by atoms with Gasteiger partial charge in [0.1, 0.15) is 5.75 Å². The Balaban J connectivity index is 1.83. The first-order chi connectivity index (χ1) is 8.79. The van der Waals surface area contributed by atoms with Gasteiger partial charge in [-0.25, -0.2) is 0 Å². The van der Waals surface area contributed by atoms with Crippen LogP contribution in [0.2, 0.25) is 0 Å². The summed E-state index contributed by atoms with van der Waals surface area (Å²) in [6.07, 6.45) is 1.22. The topological polar surface area (TPSA) is 9.23 Å². The molecule has 92 valence electrons. The summed E-state index contributed by atoms with van der Waals surface area (Å²) in [4.78, 5) is 0. The molecule has 2 heteroatoms. The van der Waals surface area contributed by atoms with Crippen molar-refractivity contribution in [2.75, 3.05) is 7.11 Å². The van der Waals surface area contributed by atoms with Crippen LogP contribution in [-0.4, -0.2) is 7.11 Å². The summed E-state index contributed by atoms with van der Waals surface area (Å²) in [6, 6.07) is 17.0. The third kappa shape index (κ3) is 2.17. The first-order valence-electron chi connectivity index (χ1n) is 6.18. The average Bonchev–Trinajstić information content (AvgIpc) is 3.20. The van der Waals surface area contributed by atoms with Gasteiger partial charge in [-0.3, -0.25) is 0 Å². The van der Waals surface area contributed by atoms with E-state index in [0.717, 1.165) is 10.2 Å². The third-order valence-corrected chi connectivity index (χ3v) is 4.16. The molecule has 18 heavy (non-hydrogen) atoms. The van der Waals surface area contributed by atoms with E-state index in [0.29, 0.717) is 11.8 Å². The Kier molecular flexibility index (Phi) is 3.13. The van der Waals surface area contributed by atoms with Gasteiger partial charge in [-0.2, -0.15) is 0 Å². The molecule has 0 heterocycles. The van der Waals surface area contributed by atoms with Crippen molar-refractivity contribution in [2.24, 2.45) is 0 Å². The van der Waals surface area contributed by atoms with Crippen LogP contribution in [0, 0.1) is 0 Å². The van der Waals surface area contributed by atoms with Gasteiger partial charge in [0.15, 0.2) is 0 Å². The van der Waals surface area contributed by atoms with Gasteiger partial charge in [-0.15, -0.1) is 0 Å². The van der Waals surface area contributed by atoms with Crippen molar-refractivity contribution >= 4 is 15.9 Å². The van der Waals surface area contributed by atoms with Crippen LogP contribution in [0.5, 0.6) is 5.75 Å². The molecule has 0 saturated heterocycles. The van der Waals surface area contributed by atoms with E-state index in [-0.39, 0.29) is 0 Å². The quantitative estimate of drug-likeness (QED) is 0.796. The molecule has 2 atom stereocenters. The lowest BCUT2D eigenvalue weighted by Crippen LogP contribution is -1.90. The minimum absolute atomic E-state index is 0.613. The first kappa shape index (κ1) is 11.8. The SMILES string of the molecule is COc1ccccc1[C@@H]1C[C@H]1c1ccc(Br)cc1. The molecule has 0 spiro atoms. The molecule has 3 rings (SSSR count). The van der Waals surface area contributed by atoms with Crippen LogP contribution < -0.4 is 4.74 Å². The molecule has 2 aromatic rings. The molecule has 0 aliphatic heterocycles. The molecular weight excluding hydrogens is 288 g/mol. The van der Waals surface area contributed by atoms with Crippen LogP contribution in [0.25, 0.3) is 0 Å². The van der Waals surface area contributed by atoms with Gasteiger partial charge in [0, 0.05) is 4.47 Å². The van der Waals surface area contributed by atoms with E-state index < -0.39 is 0 Å². The molecule has 1 fully saturated rings. The molecule has 1 aliphatic carbocycles. The maximum absolute atomic E-state index is 5.44. The molecule has 0 unspecified atom stereocenters. The van der Waals surface area contributed by atoms with Crippen LogP contribution >= 0.6 is 15.9 Å². The fourth-order valence-corrected chi connectivity index (χ4v) is 2.85. The lowest BCUT2D eigenvalue weighted by molar-refractivity contribution is 0.409. The maximum Gasteiger partial charge on any atom is 0.122 e.